The molecule has 0 spiro atoms. The van der Waals surface area contributed by atoms with Crippen molar-refractivity contribution in [3.8, 4) is 0 Å². The highest BCUT2D eigenvalue weighted by molar-refractivity contribution is 5.99. The molecule has 31 heavy (non-hydrogen) atoms. The molecule has 2 fully saturated rings. The van der Waals surface area contributed by atoms with Crippen molar-refractivity contribution in [1.29, 1.82) is 0 Å². The van der Waals surface area contributed by atoms with Gasteiger partial charge in [0.1, 0.15) is 0 Å². The fourth-order valence-corrected chi connectivity index (χ4v) is 8.16. The van der Waals surface area contributed by atoms with E-state index in [1.54, 1.807) is 0 Å². The molecule has 0 heterocycles. The van der Waals surface area contributed by atoms with Crippen LogP contribution in [0.3, 0.4) is 0 Å². The van der Waals surface area contributed by atoms with Crippen LogP contribution in [0.5, 0.6) is 0 Å². The first-order chi connectivity index (χ1) is 14.5. The van der Waals surface area contributed by atoms with Gasteiger partial charge in [-0.15, -0.1) is 0 Å². The van der Waals surface area contributed by atoms with Gasteiger partial charge in [0.25, 0.3) is 0 Å². The number of hydrogen-bond acceptors (Lipinski definition) is 3. The SMILES string of the molecule is C=C(CC[C@@H](C)[C@H]1CC[C@H]2C3=C([C@H](O)C[C@]12C)[C@@]1(C)CC[C@H](O)CC1CC3=O)C(C)C. The maximum Gasteiger partial charge on any atom is 0.159 e. The first-order valence-corrected chi connectivity index (χ1v) is 12.8. The van der Waals surface area contributed by atoms with Crippen LogP contribution >= 0.6 is 0 Å². The lowest BCUT2D eigenvalue weighted by Crippen LogP contribution is -2.52. The Morgan fingerprint density at radius 1 is 1.16 bits per heavy atom. The number of carbonyl (C=O) groups is 1. The zero-order valence-electron chi connectivity index (χ0n) is 20.4. The molecule has 0 aliphatic heterocycles. The highest BCUT2D eigenvalue weighted by Gasteiger charge is 2.60. The lowest BCUT2D eigenvalue weighted by molar-refractivity contribution is -0.123. The number of fused-ring (bicyclic) bond motifs is 4. The summed E-state index contributed by atoms with van der Waals surface area (Å²) in [4.78, 5) is 13.5. The van der Waals surface area contributed by atoms with Gasteiger partial charge in [0.2, 0.25) is 0 Å². The van der Waals surface area contributed by atoms with Crippen LogP contribution in [0.25, 0.3) is 0 Å². The van der Waals surface area contributed by atoms with E-state index in [9.17, 15) is 15.0 Å². The Kier molecular flexibility index (Phi) is 6.10. The molecule has 174 valence electrons. The summed E-state index contributed by atoms with van der Waals surface area (Å²) >= 11 is 0. The van der Waals surface area contributed by atoms with Gasteiger partial charge in [-0.25, -0.2) is 0 Å². The average Bonchev–Trinajstić information content (AvgIpc) is 3.03. The van der Waals surface area contributed by atoms with Crippen molar-refractivity contribution in [1.82, 2.24) is 0 Å². The highest BCUT2D eigenvalue weighted by Crippen LogP contribution is 2.65. The third-order valence-electron chi connectivity index (χ3n) is 10.2. The van der Waals surface area contributed by atoms with E-state index in [1.165, 1.54) is 5.57 Å². The first-order valence-electron chi connectivity index (χ1n) is 12.8. The third-order valence-corrected chi connectivity index (χ3v) is 10.2. The summed E-state index contributed by atoms with van der Waals surface area (Å²) in [5.74, 6) is 2.40. The van der Waals surface area contributed by atoms with Crippen LogP contribution in [0.1, 0.15) is 92.4 Å². The van der Waals surface area contributed by atoms with Gasteiger partial charge in [0.05, 0.1) is 12.2 Å². The Labute approximate surface area is 189 Å². The molecule has 4 aliphatic carbocycles. The topological polar surface area (TPSA) is 57.5 Å². The molecule has 0 bridgehead atoms. The Morgan fingerprint density at radius 3 is 2.55 bits per heavy atom. The molecule has 0 saturated heterocycles. The average molecular weight is 429 g/mol. The zero-order valence-corrected chi connectivity index (χ0v) is 20.4. The molecule has 3 nitrogen and oxygen atoms in total. The second-order valence-electron chi connectivity index (χ2n) is 12.3. The lowest BCUT2D eigenvalue weighted by Gasteiger charge is -2.55. The monoisotopic (exact) mass is 428 g/mol. The molecular weight excluding hydrogens is 384 g/mol. The second-order valence-corrected chi connectivity index (χ2v) is 12.3. The van der Waals surface area contributed by atoms with E-state index in [2.05, 4.69) is 41.2 Å². The van der Waals surface area contributed by atoms with Gasteiger partial charge in [0.15, 0.2) is 5.78 Å². The number of carbonyl (C=O) groups excluding carboxylic acids is 1. The van der Waals surface area contributed by atoms with E-state index < -0.39 is 6.10 Å². The molecule has 0 radical (unpaired) electrons. The first kappa shape index (κ1) is 23.2. The van der Waals surface area contributed by atoms with Crippen molar-refractivity contribution < 1.29 is 15.0 Å². The number of hydrogen-bond donors (Lipinski definition) is 2. The molecule has 3 heteroatoms. The van der Waals surface area contributed by atoms with Gasteiger partial charge >= 0.3 is 0 Å². The standard InChI is InChI=1S/C28H44O3/c1-16(2)17(3)7-8-18(4)21-9-10-22-25-23(30)14-19-13-20(29)11-12-27(19,5)26(25)24(31)15-28(21,22)6/h16,18-22,24,29,31H,3,7-15H2,1-2,4-6H3/t18-,19?,20+,21-,22+,24-,27+,28-/m1/s1. The molecule has 4 aliphatic rings. The van der Waals surface area contributed by atoms with E-state index in [0.29, 0.717) is 36.5 Å². The van der Waals surface area contributed by atoms with Gasteiger partial charge in [-0.1, -0.05) is 46.8 Å². The Hall–Kier alpha value is -0.930. The van der Waals surface area contributed by atoms with Crippen molar-refractivity contribution >= 4 is 5.78 Å². The number of rotatable bonds is 5. The molecule has 0 aromatic carbocycles. The van der Waals surface area contributed by atoms with Gasteiger partial charge < -0.3 is 10.2 Å². The fourth-order valence-electron chi connectivity index (χ4n) is 8.16. The summed E-state index contributed by atoms with van der Waals surface area (Å²) in [6, 6.07) is 0. The summed E-state index contributed by atoms with van der Waals surface area (Å²) in [5, 5.41) is 21.7. The molecule has 0 amide bonds. The fraction of sp³-hybridized carbons (Fsp3) is 0.821. The van der Waals surface area contributed by atoms with Crippen molar-refractivity contribution in [2.45, 2.75) is 105 Å². The molecule has 4 rings (SSSR count). The van der Waals surface area contributed by atoms with E-state index >= 15 is 0 Å². The highest BCUT2D eigenvalue weighted by atomic mass is 16.3. The molecule has 0 aromatic heterocycles. The Balaban J connectivity index is 1.63. The number of Topliss-reactive ketones (excluding diaryl/α,β-unsaturated/α-hetero) is 1. The van der Waals surface area contributed by atoms with Crippen molar-refractivity contribution in [3.63, 3.8) is 0 Å². The maximum absolute atomic E-state index is 13.5. The Bertz CT molecular complexity index is 779. The van der Waals surface area contributed by atoms with Gasteiger partial charge in [-0.05, 0) is 97.4 Å². The third kappa shape index (κ3) is 3.68. The number of aliphatic hydroxyl groups excluding tert-OH is 2. The predicted molar refractivity (Wildman–Crippen MR) is 125 cm³/mol. The lowest BCUT2D eigenvalue weighted by atomic mass is 9.49. The van der Waals surface area contributed by atoms with Gasteiger partial charge in [-0.2, -0.15) is 0 Å². The van der Waals surface area contributed by atoms with Crippen molar-refractivity contribution in [2.24, 2.45) is 40.4 Å². The van der Waals surface area contributed by atoms with Crippen LogP contribution in [-0.2, 0) is 4.79 Å². The smallest absolute Gasteiger partial charge is 0.159 e. The van der Waals surface area contributed by atoms with Crippen molar-refractivity contribution in [3.05, 3.63) is 23.3 Å². The largest absolute Gasteiger partial charge is 0.393 e. The molecule has 2 N–H and O–H groups in total. The summed E-state index contributed by atoms with van der Waals surface area (Å²) in [6.45, 7) is 15.7. The second kappa shape index (κ2) is 8.13. The minimum atomic E-state index is -0.512. The molecule has 8 atom stereocenters. The van der Waals surface area contributed by atoms with Crippen LogP contribution in [-0.4, -0.2) is 28.2 Å². The van der Waals surface area contributed by atoms with Crippen LogP contribution in [0, 0.1) is 40.4 Å². The number of allylic oxidation sites excluding steroid dienone is 2. The summed E-state index contributed by atoms with van der Waals surface area (Å²) < 4.78 is 0. The summed E-state index contributed by atoms with van der Waals surface area (Å²) in [5.41, 5.74) is 3.30. The van der Waals surface area contributed by atoms with E-state index in [1.807, 2.05) is 0 Å². The molecule has 1 unspecified atom stereocenters. The van der Waals surface area contributed by atoms with Gasteiger partial charge in [0, 0.05) is 12.0 Å². The van der Waals surface area contributed by atoms with Gasteiger partial charge in [-0.3, -0.25) is 4.79 Å². The molecular formula is C28H44O3. The molecule has 2 saturated carbocycles. The maximum atomic E-state index is 13.5. The normalized spacial score (nSPS) is 43.5. The van der Waals surface area contributed by atoms with E-state index in [0.717, 1.165) is 56.1 Å². The zero-order chi connectivity index (χ0) is 22.7. The van der Waals surface area contributed by atoms with Crippen LogP contribution < -0.4 is 0 Å². The minimum absolute atomic E-state index is 0.00384. The quantitative estimate of drug-likeness (QED) is 0.540. The number of aliphatic hydroxyl groups is 2. The van der Waals surface area contributed by atoms with Crippen LogP contribution in [0.4, 0.5) is 0 Å². The van der Waals surface area contributed by atoms with E-state index in [-0.39, 0.29) is 28.6 Å². The minimum Gasteiger partial charge on any atom is -0.393 e. The van der Waals surface area contributed by atoms with Crippen LogP contribution in [0.2, 0.25) is 0 Å². The van der Waals surface area contributed by atoms with Crippen LogP contribution in [0.15, 0.2) is 23.3 Å². The van der Waals surface area contributed by atoms with Crippen molar-refractivity contribution in [2.75, 3.05) is 0 Å². The summed E-state index contributed by atoms with van der Waals surface area (Å²) in [7, 11) is 0. The molecule has 0 aromatic rings. The summed E-state index contributed by atoms with van der Waals surface area (Å²) in [6.07, 6.45) is 7.38. The predicted octanol–water partition coefficient (Wildman–Crippen LogP) is 5.85. The Morgan fingerprint density at radius 2 is 1.87 bits per heavy atom. The number of ketones is 1. The van der Waals surface area contributed by atoms with E-state index in [4.69, 9.17) is 0 Å².